The molecule has 0 spiro atoms. The van der Waals surface area contributed by atoms with Crippen LogP contribution in [0.15, 0.2) is 71.9 Å². The van der Waals surface area contributed by atoms with E-state index in [1.807, 2.05) is 18.4 Å². The average Bonchev–Trinajstić information content (AvgIpc) is 3.14. The molecule has 0 saturated heterocycles. The normalized spacial score (nSPS) is 11.2. The summed E-state index contributed by atoms with van der Waals surface area (Å²) in [4.78, 5) is 31.2. The lowest BCUT2D eigenvalue weighted by Crippen LogP contribution is -2.07. The van der Waals surface area contributed by atoms with Crippen molar-refractivity contribution in [2.24, 2.45) is 0 Å². The molecule has 2 aromatic carbocycles. The number of benzene rings is 2. The molecule has 2 heterocycles. The van der Waals surface area contributed by atoms with Crippen molar-refractivity contribution >= 4 is 46.2 Å². The highest BCUT2D eigenvalue weighted by Crippen LogP contribution is 2.27. The molecule has 1 amide bonds. The molecule has 4 aromatic rings. The molecule has 0 saturated carbocycles. The number of thioether (sulfide) groups is 1. The maximum absolute atomic E-state index is 12.2. The number of fused-ring (bicyclic) bond motifs is 1. The van der Waals surface area contributed by atoms with Crippen LogP contribution in [0.5, 0.6) is 0 Å². The van der Waals surface area contributed by atoms with Crippen LogP contribution in [-0.4, -0.2) is 37.0 Å². The van der Waals surface area contributed by atoms with Gasteiger partial charge in [0.15, 0.2) is 5.82 Å². The lowest BCUT2D eigenvalue weighted by atomic mass is 10.2. The van der Waals surface area contributed by atoms with Gasteiger partial charge in [-0.25, -0.2) is 9.97 Å². The topological polar surface area (TPSA) is 123 Å². The Morgan fingerprint density at radius 3 is 2.62 bits per heavy atom. The fraction of sp³-hybridized carbons (Fsp3) is 0.0455. The second kappa shape index (κ2) is 8.90. The second-order valence-corrected chi connectivity index (χ2v) is 7.54. The molecule has 32 heavy (non-hydrogen) atoms. The number of nitrogens with one attached hydrogen (secondary N) is 1. The number of nitro benzene ring substituents is 1. The van der Waals surface area contributed by atoms with Crippen molar-refractivity contribution in [2.45, 2.75) is 5.03 Å². The molecule has 0 fully saturated rings. The number of rotatable bonds is 6. The fourth-order valence-corrected chi connectivity index (χ4v) is 3.38. The van der Waals surface area contributed by atoms with E-state index in [2.05, 4.69) is 15.3 Å². The molecule has 0 unspecified atom stereocenters. The third-order valence-corrected chi connectivity index (χ3v) is 5.29. The van der Waals surface area contributed by atoms with Gasteiger partial charge in [0.25, 0.3) is 5.69 Å². The Balaban J connectivity index is 1.48. The fourth-order valence-electron chi connectivity index (χ4n) is 3.02. The van der Waals surface area contributed by atoms with E-state index in [4.69, 9.17) is 0 Å². The maximum atomic E-state index is 12.2. The summed E-state index contributed by atoms with van der Waals surface area (Å²) in [6.07, 6.45) is 6.73. The molecule has 160 valence electrons. The molecule has 10 heteroatoms. The van der Waals surface area contributed by atoms with Crippen LogP contribution < -0.4 is 5.32 Å². The second-order valence-electron chi connectivity index (χ2n) is 6.71. The Hall–Kier alpha value is -4.18. The van der Waals surface area contributed by atoms with Gasteiger partial charge in [0.2, 0.25) is 5.91 Å². The molecule has 2 N–H and O–H groups in total. The standard InChI is InChI=1S/C22H17N5O4S/c1-32-21-11-3-14(13-23-21)2-10-20(28)24-16-6-4-15(5-7-16)22-25-18-9-8-17(27(30)31)12-19(18)26(22)29/h2-13,29H,1H3,(H,24,28). The van der Waals surface area contributed by atoms with Crippen molar-refractivity contribution in [1.82, 2.24) is 14.7 Å². The van der Waals surface area contributed by atoms with E-state index in [0.717, 1.165) is 15.3 Å². The van der Waals surface area contributed by atoms with Gasteiger partial charge in [-0.05, 0) is 54.3 Å². The van der Waals surface area contributed by atoms with Crippen molar-refractivity contribution in [3.05, 3.63) is 82.5 Å². The number of hydrogen-bond acceptors (Lipinski definition) is 7. The number of nitrogens with zero attached hydrogens (tertiary/aromatic N) is 4. The lowest BCUT2D eigenvalue weighted by molar-refractivity contribution is -0.384. The van der Waals surface area contributed by atoms with E-state index in [-0.39, 0.29) is 22.9 Å². The number of anilines is 1. The van der Waals surface area contributed by atoms with Gasteiger partial charge < -0.3 is 10.5 Å². The molecule has 9 nitrogen and oxygen atoms in total. The maximum Gasteiger partial charge on any atom is 0.271 e. The van der Waals surface area contributed by atoms with E-state index < -0.39 is 4.92 Å². The molecule has 0 radical (unpaired) electrons. The highest BCUT2D eigenvalue weighted by molar-refractivity contribution is 7.98. The monoisotopic (exact) mass is 447 g/mol. The Bertz CT molecular complexity index is 1330. The lowest BCUT2D eigenvalue weighted by Gasteiger charge is -2.05. The zero-order valence-corrected chi connectivity index (χ0v) is 17.6. The van der Waals surface area contributed by atoms with Gasteiger partial charge >= 0.3 is 0 Å². The molecule has 2 aromatic heterocycles. The Labute approximate surface area is 186 Å². The van der Waals surface area contributed by atoms with Crippen LogP contribution in [0.3, 0.4) is 0 Å². The zero-order chi connectivity index (χ0) is 22.7. The van der Waals surface area contributed by atoms with Gasteiger partial charge in [-0.3, -0.25) is 14.9 Å². The molecule has 0 bridgehead atoms. The summed E-state index contributed by atoms with van der Waals surface area (Å²) in [5, 5.41) is 25.0. The first-order chi connectivity index (χ1) is 15.4. The van der Waals surface area contributed by atoms with E-state index in [0.29, 0.717) is 16.8 Å². The SMILES string of the molecule is CSc1ccc(C=CC(=O)Nc2ccc(-c3nc4ccc([N+](=O)[O-])cc4n3O)cc2)cn1. The summed E-state index contributed by atoms with van der Waals surface area (Å²) >= 11 is 1.54. The van der Waals surface area contributed by atoms with Crippen molar-refractivity contribution in [3.8, 4) is 11.4 Å². The number of carbonyl (C=O) groups is 1. The van der Waals surface area contributed by atoms with Crippen LogP contribution in [0, 0.1) is 10.1 Å². The molecule has 0 atom stereocenters. The van der Waals surface area contributed by atoms with Gasteiger partial charge in [-0.1, -0.05) is 6.07 Å². The minimum atomic E-state index is -0.534. The van der Waals surface area contributed by atoms with Crippen molar-refractivity contribution in [1.29, 1.82) is 0 Å². The zero-order valence-electron chi connectivity index (χ0n) is 16.8. The minimum Gasteiger partial charge on any atom is -0.426 e. The summed E-state index contributed by atoms with van der Waals surface area (Å²) in [5.41, 5.74) is 2.49. The first-order valence-corrected chi connectivity index (χ1v) is 10.6. The third kappa shape index (κ3) is 4.44. The van der Waals surface area contributed by atoms with Crippen molar-refractivity contribution in [2.75, 3.05) is 11.6 Å². The first kappa shape index (κ1) is 21.1. The van der Waals surface area contributed by atoms with Crippen molar-refractivity contribution in [3.63, 3.8) is 0 Å². The quantitative estimate of drug-likeness (QED) is 0.145. The van der Waals surface area contributed by atoms with E-state index in [9.17, 15) is 20.1 Å². The van der Waals surface area contributed by atoms with Crippen molar-refractivity contribution < 1.29 is 14.9 Å². The van der Waals surface area contributed by atoms with Gasteiger partial charge in [0.05, 0.1) is 15.5 Å². The van der Waals surface area contributed by atoms with Crippen LogP contribution in [0.1, 0.15) is 5.56 Å². The number of carbonyl (C=O) groups excluding carboxylic acids is 1. The van der Waals surface area contributed by atoms with E-state index in [1.54, 1.807) is 48.3 Å². The predicted octanol–water partition coefficient (Wildman–Crippen LogP) is 4.62. The van der Waals surface area contributed by atoms with E-state index in [1.165, 1.54) is 24.3 Å². The average molecular weight is 447 g/mol. The number of hydrogen-bond donors (Lipinski definition) is 2. The van der Waals surface area contributed by atoms with Crippen LogP contribution in [0.2, 0.25) is 0 Å². The van der Waals surface area contributed by atoms with Crippen LogP contribution in [-0.2, 0) is 4.79 Å². The Morgan fingerprint density at radius 2 is 1.97 bits per heavy atom. The Kier molecular flexibility index (Phi) is 5.86. The smallest absolute Gasteiger partial charge is 0.271 e. The van der Waals surface area contributed by atoms with Crippen LogP contribution >= 0.6 is 11.8 Å². The summed E-state index contributed by atoms with van der Waals surface area (Å²) in [7, 11) is 0. The van der Waals surface area contributed by atoms with E-state index >= 15 is 0 Å². The van der Waals surface area contributed by atoms with Crippen LogP contribution in [0.4, 0.5) is 11.4 Å². The highest BCUT2D eigenvalue weighted by Gasteiger charge is 2.15. The molecule has 0 aliphatic rings. The number of aromatic nitrogens is 3. The summed E-state index contributed by atoms with van der Waals surface area (Å²) in [6, 6.07) is 14.6. The molecule has 4 rings (SSSR count). The van der Waals surface area contributed by atoms with Gasteiger partial charge in [-0.15, -0.1) is 11.8 Å². The van der Waals surface area contributed by atoms with Gasteiger partial charge in [-0.2, -0.15) is 4.73 Å². The molecule has 0 aliphatic carbocycles. The molecular weight excluding hydrogens is 430 g/mol. The first-order valence-electron chi connectivity index (χ1n) is 9.40. The van der Waals surface area contributed by atoms with Gasteiger partial charge in [0.1, 0.15) is 5.52 Å². The van der Waals surface area contributed by atoms with Gasteiger partial charge in [0, 0.05) is 35.7 Å². The largest absolute Gasteiger partial charge is 0.426 e. The summed E-state index contributed by atoms with van der Waals surface area (Å²) < 4.78 is 0.814. The minimum absolute atomic E-state index is 0.138. The highest BCUT2D eigenvalue weighted by atomic mass is 32.2. The summed E-state index contributed by atoms with van der Waals surface area (Å²) in [5.74, 6) is -0.0622. The third-order valence-electron chi connectivity index (χ3n) is 4.63. The molecule has 0 aliphatic heterocycles. The summed E-state index contributed by atoms with van der Waals surface area (Å²) in [6.45, 7) is 0. The number of pyridine rings is 1. The number of imidazole rings is 1. The number of non-ortho nitro benzene ring substituents is 1. The number of nitro groups is 1. The predicted molar refractivity (Wildman–Crippen MR) is 123 cm³/mol. The number of amides is 1. The Morgan fingerprint density at radius 1 is 1.19 bits per heavy atom. The van der Waals surface area contributed by atoms with Crippen LogP contribution in [0.25, 0.3) is 28.5 Å². The molecular formula is C22H17N5O4S.